The van der Waals surface area contributed by atoms with Crippen LogP contribution in [0.1, 0.15) is 51.4 Å². The van der Waals surface area contributed by atoms with Crippen LogP contribution in [-0.2, 0) is 19.2 Å². The van der Waals surface area contributed by atoms with Gasteiger partial charge in [-0.25, -0.2) is 19.2 Å². The molecule has 0 aromatic carbocycles. The smallest absolute Gasteiger partial charge is 0.337 e. The Morgan fingerprint density at radius 2 is 0.792 bits per heavy atom. The fourth-order valence-corrected chi connectivity index (χ4v) is 2.76. The predicted molar refractivity (Wildman–Crippen MR) is 81.5 cm³/mol. The van der Waals surface area contributed by atoms with Gasteiger partial charge >= 0.3 is 23.9 Å². The van der Waals surface area contributed by atoms with Gasteiger partial charge in [-0.3, -0.25) is 0 Å². The number of rotatable bonds is 4. The Morgan fingerprint density at radius 1 is 0.500 bits per heavy atom. The first-order chi connectivity index (χ1) is 11.3. The highest BCUT2D eigenvalue weighted by atomic mass is 16.4. The van der Waals surface area contributed by atoms with Crippen molar-refractivity contribution < 1.29 is 39.6 Å². The van der Waals surface area contributed by atoms with Crippen molar-refractivity contribution in [2.75, 3.05) is 0 Å². The maximum atomic E-state index is 11.6. The Labute approximate surface area is 138 Å². The average molecular weight is 340 g/mol. The third-order valence-corrected chi connectivity index (χ3v) is 3.90. The zero-order valence-corrected chi connectivity index (χ0v) is 13.1. The fourth-order valence-electron chi connectivity index (χ4n) is 2.76. The predicted octanol–water partition coefficient (Wildman–Crippen LogP) is 2.05. The summed E-state index contributed by atoms with van der Waals surface area (Å²) in [4.78, 5) is 46.0. The minimum atomic E-state index is -1.75. The van der Waals surface area contributed by atoms with Gasteiger partial charge in [0, 0.05) is 0 Å². The average Bonchev–Trinajstić information content (AvgIpc) is 2.45. The second kappa shape index (κ2) is 8.85. The summed E-state index contributed by atoms with van der Waals surface area (Å²) in [5.74, 6) is -6.60. The van der Waals surface area contributed by atoms with E-state index < -0.39 is 46.2 Å². The van der Waals surface area contributed by atoms with Crippen LogP contribution >= 0.6 is 0 Å². The molecule has 1 aliphatic carbocycles. The van der Waals surface area contributed by atoms with E-state index in [0.717, 1.165) is 12.8 Å². The normalized spacial score (nSPS) is 17.7. The number of aliphatic carboxylic acids is 4. The highest BCUT2D eigenvalue weighted by Gasteiger charge is 2.32. The third kappa shape index (κ3) is 4.94. The van der Waals surface area contributed by atoms with E-state index in [2.05, 4.69) is 0 Å². The zero-order chi connectivity index (χ0) is 18.3. The monoisotopic (exact) mass is 340 g/mol. The largest absolute Gasteiger partial charge is 0.478 e. The number of hydrogen-bond donors (Lipinski definition) is 4. The van der Waals surface area contributed by atoms with Crippen LogP contribution in [0.15, 0.2) is 22.3 Å². The quantitative estimate of drug-likeness (QED) is 0.607. The highest BCUT2D eigenvalue weighted by Crippen LogP contribution is 2.28. The van der Waals surface area contributed by atoms with Crippen molar-refractivity contribution in [1.29, 1.82) is 0 Å². The van der Waals surface area contributed by atoms with Crippen molar-refractivity contribution >= 4 is 23.9 Å². The number of carboxylic acids is 4. The molecule has 24 heavy (non-hydrogen) atoms. The van der Waals surface area contributed by atoms with Crippen molar-refractivity contribution in [3.05, 3.63) is 22.3 Å². The standard InChI is InChI=1S/C16H20O8/c17-13(18)9-7-5-3-1-2-4-6-8-10(14(19)20)12(16(23)24)11(9)15(21)22/h1-8H2,(H,17,18)(H,19,20)(H,21,22)(H,23,24). The minimum Gasteiger partial charge on any atom is -0.478 e. The molecule has 0 aromatic rings. The molecule has 0 fully saturated rings. The van der Waals surface area contributed by atoms with Crippen molar-refractivity contribution in [2.45, 2.75) is 51.4 Å². The third-order valence-electron chi connectivity index (χ3n) is 3.90. The van der Waals surface area contributed by atoms with Gasteiger partial charge in [-0.1, -0.05) is 25.7 Å². The lowest BCUT2D eigenvalue weighted by atomic mass is 9.89. The van der Waals surface area contributed by atoms with E-state index >= 15 is 0 Å². The molecule has 0 saturated heterocycles. The molecule has 8 nitrogen and oxygen atoms in total. The van der Waals surface area contributed by atoms with Crippen LogP contribution in [0.3, 0.4) is 0 Å². The summed E-state index contributed by atoms with van der Waals surface area (Å²) in [5.41, 5.74) is -3.01. The SMILES string of the molecule is O=C(O)C1=C(C(=O)O)C(C(=O)O)=C(C(=O)O)CCCCCCCC1. The summed E-state index contributed by atoms with van der Waals surface area (Å²) in [6.45, 7) is 0. The van der Waals surface area contributed by atoms with Gasteiger partial charge in [0.15, 0.2) is 0 Å². The molecule has 0 heterocycles. The van der Waals surface area contributed by atoms with E-state index in [-0.39, 0.29) is 12.8 Å². The first kappa shape index (κ1) is 19.4. The summed E-state index contributed by atoms with van der Waals surface area (Å²) in [7, 11) is 0. The van der Waals surface area contributed by atoms with Crippen molar-refractivity contribution in [1.82, 2.24) is 0 Å². The Balaban J connectivity index is 3.70. The second-order valence-corrected chi connectivity index (χ2v) is 5.55. The molecule has 0 bridgehead atoms. The van der Waals surface area contributed by atoms with E-state index in [4.69, 9.17) is 0 Å². The Hall–Kier alpha value is -2.64. The Morgan fingerprint density at radius 3 is 1.04 bits per heavy atom. The zero-order valence-electron chi connectivity index (χ0n) is 13.1. The molecular formula is C16H20O8. The number of carboxylic acid groups (broad SMARTS) is 4. The van der Waals surface area contributed by atoms with Gasteiger partial charge in [0.1, 0.15) is 0 Å². The van der Waals surface area contributed by atoms with Crippen molar-refractivity contribution in [2.24, 2.45) is 0 Å². The summed E-state index contributed by atoms with van der Waals surface area (Å²) in [5, 5.41) is 37.3. The van der Waals surface area contributed by atoms with Crippen LogP contribution in [0, 0.1) is 0 Å². The second-order valence-electron chi connectivity index (χ2n) is 5.55. The lowest BCUT2D eigenvalue weighted by Gasteiger charge is -2.14. The highest BCUT2D eigenvalue weighted by molar-refractivity contribution is 6.14. The molecule has 4 N–H and O–H groups in total. The summed E-state index contributed by atoms with van der Waals surface area (Å²) >= 11 is 0. The van der Waals surface area contributed by atoms with Gasteiger partial charge in [0.05, 0.1) is 22.3 Å². The van der Waals surface area contributed by atoms with Crippen molar-refractivity contribution in [3.8, 4) is 0 Å². The van der Waals surface area contributed by atoms with Gasteiger partial charge < -0.3 is 20.4 Å². The molecule has 1 rings (SSSR count). The molecule has 1 aliphatic rings. The lowest BCUT2D eigenvalue weighted by molar-refractivity contribution is -0.138. The number of hydrogen-bond acceptors (Lipinski definition) is 4. The van der Waals surface area contributed by atoms with E-state index in [1.165, 1.54) is 0 Å². The van der Waals surface area contributed by atoms with Crippen molar-refractivity contribution in [3.63, 3.8) is 0 Å². The molecular weight excluding hydrogens is 320 g/mol. The Kier molecular flexibility index (Phi) is 7.16. The molecule has 0 aliphatic heterocycles. The molecule has 0 atom stereocenters. The van der Waals surface area contributed by atoms with Gasteiger partial charge in [-0.15, -0.1) is 0 Å². The first-order valence-electron chi connectivity index (χ1n) is 7.67. The van der Waals surface area contributed by atoms with Crippen LogP contribution in [0.25, 0.3) is 0 Å². The Bertz CT molecular complexity index is 558. The lowest BCUT2D eigenvalue weighted by Crippen LogP contribution is -2.21. The molecule has 0 saturated carbocycles. The topological polar surface area (TPSA) is 149 Å². The van der Waals surface area contributed by atoms with E-state index in [9.17, 15) is 39.6 Å². The fraction of sp³-hybridized carbons (Fsp3) is 0.500. The van der Waals surface area contributed by atoms with Crippen LogP contribution in [-0.4, -0.2) is 44.3 Å². The first-order valence-corrected chi connectivity index (χ1v) is 7.67. The number of carbonyl (C=O) groups is 4. The van der Waals surface area contributed by atoms with Crippen LogP contribution in [0.5, 0.6) is 0 Å². The maximum absolute atomic E-state index is 11.6. The molecule has 8 heteroatoms. The van der Waals surface area contributed by atoms with Crippen LogP contribution < -0.4 is 0 Å². The molecule has 132 valence electrons. The molecule has 0 aromatic heterocycles. The summed E-state index contributed by atoms with van der Waals surface area (Å²) in [6.07, 6.45) is 3.59. The summed E-state index contributed by atoms with van der Waals surface area (Å²) < 4.78 is 0. The van der Waals surface area contributed by atoms with Crippen LogP contribution in [0.4, 0.5) is 0 Å². The molecule has 0 radical (unpaired) electrons. The molecule has 0 unspecified atom stereocenters. The van der Waals surface area contributed by atoms with Gasteiger partial charge in [0.25, 0.3) is 0 Å². The van der Waals surface area contributed by atoms with Gasteiger partial charge in [0.2, 0.25) is 0 Å². The van der Waals surface area contributed by atoms with Crippen LogP contribution in [0.2, 0.25) is 0 Å². The molecule has 0 amide bonds. The maximum Gasteiger partial charge on any atom is 0.337 e. The molecule has 0 spiro atoms. The van der Waals surface area contributed by atoms with Gasteiger partial charge in [-0.05, 0) is 25.7 Å². The minimum absolute atomic E-state index is 0.124. The van der Waals surface area contributed by atoms with E-state index in [1.54, 1.807) is 0 Å². The van der Waals surface area contributed by atoms with E-state index in [0.29, 0.717) is 25.7 Å². The van der Waals surface area contributed by atoms with E-state index in [1.807, 2.05) is 0 Å². The van der Waals surface area contributed by atoms with Gasteiger partial charge in [-0.2, -0.15) is 0 Å². The summed E-state index contributed by atoms with van der Waals surface area (Å²) in [6, 6.07) is 0.